The number of aliphatic hydroxyl groups excluding tert-OH is 1. The van der Waals surface area contributed by atoms with E-state index in [1.807, 2.05) is 0 Å². The molecule has 0 aliphatic carbocycles. The lowest BCUT2D eigenvalue weighted by Gasteiger charge is -2.27. The summed E-state index contributed by atoms with van der Waals surface area (Å²) in [5.41, 5.74) is 4.44. The van der Waals surface area contributed by atoms with Gasteiger partial charge in [-0.25, -0.2) is 9.59 Å². The van der Waals surface area contributed by atoms with Gasteiger partial charge in [-0.15, -0.1) is 0 Å². The van der Waals surface area contributed by atoms with Gasteiger partial charge < -0.3 is 25.4 Å². The van der Waals surface area contributed by atoms with Crippen LogP contribution in [-0.4, -0.2) is 46.7 Å². The van der Waals surface area contributed by atoms with Crippen molar-refractivity contribution in [3.8, 4) is 0 Å². The summed E-state index contributed by atoms with van der Waals surface area (Å²) in [7, 11) is 0. The van der Waals surface area contributed by atoms with Gasteiger partial charge in [-0.05, 0) is 0 Å². The Kier molecular flexibility index (Phi) is 2.53. The predicted molar refractivity (Wildman–Crippen MR) is 37.5 cm³/mol. The molecule has 1 fully saturated rings. The molecule has 15 heavy (non-hydrogen) atoms. The Morgan fingerprint density at radius 2 is 2.20 bits per heavy atom. The number of ether oxygens (including phenoxy) is 2. The lowest BCUT2D eigenvalue weighted by atomic mass is 10.1. The molecular formula is C6H7F2NO6. The predicted octanol–water partition coefficient (Wildman–Crippen LogP) is -1.68. The third-order valence-electron chi connectivity index (χ3n) is 1.81. The number of hydrogen-bond donors (Lipinski definition) is 3. The second-order valence-corrected chi connectivity index (χ2v) is 2.77. The molecule has 1 aliphatic heterocycles. The summed E-state index contributed by atoms with van der Waals surface area (Å²) in [6.07, 6.45) is -3.80. The van der Waals surface area contributed by atoms with Gasteiger partial charge in [0, 0.05) is 0 Å². The van der Waals surface area contributed by atoms with Gasteiger partial charge in [0.1, 0.15) is 0 Å². The van der Waals surface area contributed by atoms with Gasteiger partial charge in [-0.2, -0.15) is 8.78 Å². The van der Waals surface area contributed by atoms with Crippen molar-refractivity contribution < 1.29 is 38.1 Å². The summed E-state index contributed by atoms with van der Waals surface area (Å²) >= 11 is 0. The number of nitrogens with two attached hydrogens (primary N) is 1. The summed E-state index contributed by atoms with van der Waals surface area (Å²) < 4.78 is 33.7. The van der Waals surface area contributed by atoms with Crippen LogP contribution in [-0.2, 0) is 14.3 Å². The molecule has 1 rings (SSSR count). The number of carbonyl (C=O) groups is 2. The quantitative estimate of drug-likeness (QED) is 0.383. The first kappa shape index (κ1) is 11.6. The Labute approximate surface area is 81.4 Å². The van der Waals surface area contributed by atoms with E-state index in [-0.39, 0.29) is 0 Å². The molecule has 1 amide bonds. The SMILES string of the molecule is NC(=O)O[C@@]1(O)[C@@H](CO)OC(=O)C1(F)F. The van der Waals surface area contributed by atoms with E-state index < -0.39 is 36.5 Å². The highest BCUT2D eigenvalue weighted by molar-refractivity contribution is 5.82. The van der Waals surface area contributed by atoms with E-state index in [1.54, 1.807) is 0 Å². The molecule has 86 valence electrons. The molecule has 7 nitrogen and oxygen atoms in total. The largest absolute Gasteiger partial charge is 0.448 e. The zero-order chi connectivity index (χ0) is 11.9. The number of aliphatic hydroxyl groups is 2. The molecule has 4 N–H and O–H groups in total. The first-order valence-electron chi connectivity index (χ1n) is 3.66. The highest BCUT2D eigenvalue weighted by Crippen LogP contribution is 2.41. The second-order valence-electron chi connectivity index (χ2n) is 2.77. The second kappa shape index (κ2) is 3.28. The van der Waals surface area contributed by atoms with Gasteiger partial charge in [0.2, 0.25) is 0 Å². The number of rotatable bonds is 2. The van der Waals surface area contributed by atoms with Gasteiger partial charge in [0.05, 0.1) is 6.61 Å². The molecule has 0 spiro atoms. The topological polar surface area (TPSA) is 119 Å². The first-order valence-corrected chi connectivity index (χ1v) is 3.66. The minimum Gasteiger partial charge on any atom is -0.448 e. The molecule has 0 unspecified atom stereocenters. The number of hydrogen-bond acceptors (Lipinski definition) is 6. The fraction of sp³-hybridized carbons (Fsp3) is 0.667. The highest BCUT2D eigenvalue weighted by atomic mass is 19.3. The van der Waals surface area contributed by atoms with Crippen molar-refractivity contribution in [1.29, 1.82) is 0 Å². The molecule has 0 aromatic heterocycles. The molecular weight excluding hydrogens is 220 g/mol. The Hall–Kier alpha value is -1.48. The van der Waals surface area contributed by atoms with Gasteiger partial charge in [-0.3, -0.25) is 0 Å². The molecule has 1 saturated heterocycles. The molecule has 1 heterocycles. The van der Waals surface area contributed by atoms with Crippen molar-refractivity contribution in [2.45, 2.75) is 17.8 Å². The van der Waals surface area contributed by atoms with Gasteiger partial charge in [0.15, 0.2) is 6.10 Å². The first-order chi connectivity index (χ1) is 6.75. The van der Waals surface area contributed by atoms with Crippen molar-refractivity contribution in [2.75, 3.05) is 6.61 Å². The maximum atomic E-state index is 13.0. The van der Waals surface area contributed by atoms with E-state index in [2.05, 4.69) is 15.2 Å². The number of amides is 1. The number of carbonyl (C=O) groups excluding carboxylic acids is 2. The summed E-state index contributed by atoms with van der Waals surface area (Å²) in [5, 5.41) is 17.8. The average molecular weight is 227 g/mol. The van der Waals surface area contributed by atoms with Crippen molar-refractivity contribution in [1.82, 2.24) is 0 Å². The van der Waals surface area contributed by atoms with Crippen LogP contribution in [0, 0.1) is 0 Å². The fourth-order valence-electron chi connectivity index (χ4n) is 1.08. The standard InChI is InChI=1S/C6H7F2NO6/c7-5(8)3(11)14-2(1-10)6(5,13)15-4(9)12/h2,10,13H,1H2,(H2,9,12)/t2-,6+/m1/s1. The van der Waals surface area contributed by atoms with Crippen molar-refractivity contribution >= 4 is 12.1 Å². The van der Waals surface area contributed by atoms with Crippen LogP contribution in [0.5, 0.6) is 0 Å². The Morgan fingerprint density at radius 1 is 1.67 bits per heavy atom. The fourth-order valence-corrected chi connectivity index (χ4v) is 1.08. The van der Waals surface area contributed by atoms with E-state index >= 15 is 0 Å². The molecule has 0 aromatic rings. The lowest BCUT2D eigenvalue weighted by Crippen LogP contribution is -2.57. The molecule has 0 aromatic carbocycles. The summed E-state index contributed by atoms with van der Waals surface area (Å²) in [4.78, 5) is 20.9. The average Bonchev–Trinajstić information content (AvgIpc) is 2.25. The Bertz CT molecular complexity index is 308. The van der Waals surface area contributed by atoms with Crippen LogP contribution in [0.2, 0.25) is 0 Å². The Balaban J connectivity index is 3.09. The minimum atomic E-state index is -4.48. The van der Waals surface area contributed by atoms with Crippen LogP contribution in [0.3, 0.4) is 0 Å². The van der Waals surface area contributed by atoms with Crippen molar-refractivity contribution in [3.05, 3.63) is 0 Å². The van der Waals surface area contributed by atoms with E-state index in [9.17, 15) is 23.5 Å². The Morgan fingerprint density at radius 3 is 2.60 bits per heavy atom. The lowest BCUT2D eigenvalue weighted by molar-refractivity contribution is -0.280. The zero-order valence-electron chi connectivity index (χ0n) is 7.15. The highest BCUT2D eigenvalue weighted by Gasteiger charge is 2.74. The van der Waals surface area contributed by atoms with Crippen molar-refractivity contribution in [2.24, 2.45) is 5.73 Å². The van der Waals surface area contributed by atoms with Gasteiger partial charge in [0.25, 0.3) is 0 Å². The van der Waals surface area contributed by atoms with E-state index in [4.69, 9.17) is 5.11 Å². The maximum absolute atomic E-state index is 13.0. The van der Waals surface area contributed by atoms with Crippen LogP contribution in [0.1, 0.15) is 0 Å². The smallest absolute Gasteiger partial charge is 0.410 e. The van der Waals surface area contributed by atoms with E-state index in [0.29, 0.717) is 0 Å². The van der Waals surface area contributed by atoms with Crippen LogP contribution >= 0.6 is 0 Å². The van der Waals surface area contributed by atoms with Gasteiger partial charge >= 0.3 is 23.8 Å². The number of primary amides is 1. The van der Waals surface area contributed by atoms with Crippen LogP contribution < -0.4 is 5.73 Å². The molecule has 2 atom stereocenters. The third-order valence-corrected chi connectivity index (χ3v) is 1.81. The monoisotopic (exact) mass is 227 g/mol. The molecule has 0 radical (unpaired) electrons. The van der Waals surface area contributed by atoms with Gasteiger partial charge in [-0.1, -0.05) is 0 Å². The number of cyclic esters (lactones) is 1. The summed E-state index contributed by atoms with van der Waals surface area (Å²) in [5.74, 6) is -10.2. The zero-order valence-corrected chi connectivity index (χ0v) is 7.15. The molecule has 0 bridgehead atoms. The number of alkyl halides is 2. The minimum absolute atomic E-state index is 1.15. The summed E-state index contributed by atoms with van der Waals surface area (Å²) in [6.45, 7) is -1.15. The molecule has 1 aliphatic rings. The van der Waals surface area contributed by atoms with E-state index in [1.165, 1.54) is 0 Å². The number of halogens is 2. The maximum Gasteiger partial charge on any atom is 0.410 e. The number of esters is 1. The van der Waals surface area contributed by atoms with Crippen LogP contribution in [0.4, 0.5) is 13.6 Å². The third kappa shape index (κ3) is 1.49. The normalized spacial score (nSPS) is 33.6. The molecule has 0 saturated carbocycles. The van der Waals surface area contributed by atoms with E-state index in [0.717, 1.165) is 0 Å². The van der Waals surface area contributed by atoms with Crippen LogP contribution in [0.25, 0.3) is 0 Å². The van der Waals surface area contributed by atoms with Crippen molar-refractivity contribution in [3.63, 3.8) is 0 Å². The molecule has 9 heteroatoms. The summed E-state index contributed by atoms with van der Waals surface area (Å²) in [6, 6.07) is 0. The van der Waals surface area contributed by atoms with Crippen LogP contribution in [0.15, 0.2) is 0 Å².